The first-order valence-corrected chi connectivity index (χ1v) is 4.73. The maximum atomic E-state index is 5.76. The molecule has 0 aliphatic carbocycles. The van der Waals surface area contributed by atoms with Crippen LogP contribution in [-0.4, -0.2) is 0 Å². The van der Waals surface area contributed by atoms with Crippen LogP contribution in [0.5, 0.6) is 0 Å². The Kier molecular flexibility index (Phi) is 5.69. The highest BCUT2D eigenvalue weighted by Gasteiger charge is 1.92. The summed E-state index contributed by atoms with van der Waals surface area (Å²) in [6.07, 6.45) is 4.00. The van der Waals surface area contributed by atoms with Crippen molar-refractivity contribution in [3.8, 4) is 0 Å². The van der Waals surface area contributed by atoms with Gasteiger partial charge in [-0.2, -0.15) is 0 Å². The molecule has 13 heavy (non-hydrogen) atoms. The Balaban J connectivity index is 0.000000671. The number of nitrogens with two attached hydrogens (primary N) is 1. The summed E-state index contributed by atoms with van der Waals surface area (Å²) in [6, 6.07) is 6.08. The van der Waals surface area contributed by atoms with E-state index < -0.39 is 0 Å². The van der Waals surface area contributed by atoms with Gasteiger partial charge in [-0.25, -0.2) is 0 Å². The first-order chi connectivity index (χ1) is 6.24. The van der Waals surface area contributed by atoms with Crippen molar-refractivity contribution in [3.63, 3.8) is 0 Å². The van der Waals surface area contributed by atoms with Crippen molar-refractivity contribution in [1.82, 2.24) is 0 Å². The molecule has 0 fully saturated rings. The summed E-state index contributed by atoms with van der Waals surface area (Å²) < 4.78 is 0. The maximum Gasteiger partial charge on any atom is 0.0390 e. The van der Waals surface area contributed by atoms with Gasteiger partial charge in [-0.15, -0.1) is 0 Å². The fraction of sp³-hybridized carbons (Fsp3) is 0.333. The number of hydrogen-bond acceptors (Lipinski definition) is 1. The molecule has 1 nitrogen and oxygen atoms in total. The van der Waals surface area contributed by atoms with Crippen LogP contribution < -0.4 is 5.73 Å². The molecule has 0 unspecified atom stereocenters. The third-order valence-electron chi connectivity index (χ3n) is 1.59. The maximum absolute atomic E-state index is 5.76. The molecule has 0 atom stereocenters. The topological polar surface area (TPSA) is 26.0 Å². The van der Waals surface area contributed by atoms with Crippen molar-refractivity contribution in [2.24, 2.45) is 0 Å². The fourth-order valence-electron chi connectivity index (χ4n) is 1.03. The van der Waals surface area contributed by atoms with Gasteiger partial charge < -0.3 is 5.73 Å². The second-order valence-electron chi connectivity index (χ2n) is 2.63. The largest absolute Gasteiger partial charge is 0.398 e. The summed E-state index contributed by atoms with van der Waals surface area (Å²) in [6.45, 7) is 8.02. The Morgan fingerprint density at radius 1 is 1.23 bits per heavy atom. The van der Waals surface area contributed by atoms with E-state index in [2.05, 4.69) is 6.07 Å². The number of rotatable bonds is 1. The van der Waals surface area contributed by atoms with Crippen LogP contribution in [-0.2, 0) is 0 Å². The molecule has 0 aliphatic rings. The van der Waals surface area contributed by atoms with Crippen molar-refractivity contribution in [2.75, 3.05) is 5.73 Å². The molecule has 1 heteroatoms. The quantitative estimate of drug-likeness (QED) is 0.651. The predicted molar refractivity (Wildman–Crippen MR) is 61.6 cm³/mol. The zero-order valence-corrected chi connectivity index (χ0v) is 8.96. The zero-order valence-electron chi connectivity index (χ0n) is 8.96. The van der Waals surface area contributed by atoms with Crippen LogP contribution >= 0.6 is 0 Å². The molecular formula is C12H19N. The summed E-state index contributed by atoms with van der Waals surface area (Å²) >= 11 is 0. The van der Waals surface area contributed by atoms with E-state index >= 15 is 0 Å². The molecule has 1 aromatic rings. The minimum Gasteiger partial charge on any atom is -0.398 e. The standard InChI is InChI=1S/C10H13N.C2H6/c1-3-4-9-6-5-8(2)7-10(9)11;1-2/h3-7H,11H2,1-2H3;1-2H3/b4-3-;. The van der Waals surface area contributed by atoms with Crippen LogP contribution in [0.1, 0.15) is 31.9 Å². The van der Waals surface area contributed by atoms with Crippen molar-refractivity contribution in [1.29, 1.82) is 0 Å². The summed E-state index contributed by atoms with van der Waals surface area (Å²) in [4.78, 5) is 0. The van der Waals surface area contributed by atoms with E-state index in [1.807, 2.05) is 52.0 Å². The van der Waals surface area contributed by atoms with Gasteiger partial charge in [-0.05, 0) is 31.0 Å². The fourth-order valence-corrected chi connectivity index (χ4v) is 1.03. The van der Waals surface area contributed by atoms with Gasteiger partial charge in [0.2, 0.25) is 0 Å². The molecular weight excluding hydrogens is 158 g/mol. The van der Waals surface area contributed by atoms with Crippen LogP contribution in [0.4, 0.5) is 5.69 Å². The highest BCUT2D eigenvalue weighted by molar-refractivity contribution is 5.64. The van der Waals surface area contributed by atoms with Crippen LogP contribution in [0, 0.1) is 6.92 Å². The highest BCUT2D eigenvalue weighted by atomic mass is 14.6. The molecule has 1 aromatic carbocycles. The molecule has 2 N–H and O–H groups in total. The molecule has 0 saturated carbocycles. The molecule has 1 rings (SSSR count). The molecule has 0 heterocycles. The van der Waals surface area contributed by atoms with Gasteiger partial charge in [0, 0.05) is 5.69 Å². The zero-order chi connectivity index (χ0) is 10.3. The smallest absolute Gasteiger partial charge is 0.0390 e. The lowest BCUT2D eigenvalue weighted by molar-refractivity contribution is 1.46. The monoisotopic (exact) mass is 177 g/mol. The SMILES string of the molecule is C/C=C\c1ccc(C)cc1N.CC. The van der Waals surface area contributed by atoms with Gasteiger partial charge in [0.05, 0.1) is 0 Å². The molecule has 0 amide bonds. The third-order valence-corrected chi connectivity index (χ3v) is 1.59. The van der Waals surface area contributed by atoms with Crippen LogP contribution in [0.25, 0.3) is 6.08 Å². The first kappa shape index (κ1) is 11.8. The third kappa shape index (κ3) is 3.79. The summed E-state index contributed by atoms with van der Waals surface area (Å²) in [5.74, 6) is 0. The van der Waals surface area contributed by atoms with Gasteiger partial charge in [-0.3, -0.25) is 0 Å². The van der Waals surface area contributed by atoms with Gasteiger partial charge >= 0.3 is 0 Å². The Bertz CT molecular complexity index is 274. The molecule has 0 saturated heterocycles. The molecule has 0 aliphatic heterocycles. The van der Waals surface area contributed by atoms with E-state index in [-0.39, 0.29) is 0 Å². The Labute approximate surface area is 81.3 Å². The van der Waals surface area contributed by atoms with E-state index in [0.29, 0.717) is 0 Å². The molecule has 0 radical (unpaired) electrons. The number of anilines is 1. The van der Waals surface area contributed by atoms with Crippen molar-refractivity contribution < 1.29 is 0 Å². The Morgan fingerprint density at radius 3 is 2.31 bits per heavy atom. The van der Waals surface area contributed by atoms with E-state index in [4.69, 9.17) is 5.73 Å². The van der Waals surface area contributed by atoms with Gasteiger partial charge in [0.25, 0.3) is 0 Å². The molecule has 0 spiro atoms. The van der Waals surface area contributed by atoms with E-state index in [0.717, 1.165) is 11.3 Å². The lowest BCUT2D eigenvalue weighted by atomic mass is 10.1. The van der Waals surface area contributed by atoms with Gasteiger partial charge in [-0.1, -0.05) is 38.1 Å². The Hall–Kier alpha value is -1.24. The van der Waals surface area contributed by atoms with E-state index in [9.17, 15) is 0 Å². The predicted octanol–water partition coefficient (Wildman–Crippen LogP) is 3.64. The summed E-state index contributed by atoms with van der Waals surface area (Å²) in [7, 11) is 0. The van der Waals surface area contributed by atoms with Gasteiger partial charge in [0.15, 0.2) is 0 Å². The van der Waals surface area contributed by atoms with Crippen LogP contribution in [0.15, 0.2) is 24.3 Å². The van der Waals surface area contributed by atoms with Crippen molar-refractivity contribution in [2.45, 2.75) is 27.7 Å². The number of hydrogen-bond donors (Lipinski definition) is 1. The first-order valence-electron chi connectivity index (χ1n) is 4.73. The molecule has 72 valence electrons. The minimum atomic E-state index is 0.850. The van der Waals surface area contributed by atoms with Gasteiger partial charge in [0.1, 0.15) is 0 Å². The van der Waals surface area contributed by atoms with E-state index in [1.165, 1.54) is 5.56 Å². The van der Waals surface area contributed by atoms with Crippen molar-refractivity contribution in [3.05, 3.63) is 35.4 Å². The average molecular weight is 177 g/mol. The summed E-state index contributed by atoms with van der Waals surface area (Å²) in [5.41, 5.74) is 8.91. The minimum absolute atomic E-state index is 0.850. The Morgan fingerprint density at radius 2 is 1.85 bits per heavy atom. The van der Waals surface area contributed by atoms with Crippen LogP contribution in [0.3, 0.4) is 0 Å². The highest BCUT2D eigenvalue weighted by Crippen LogP contribution is 2.14. The average Bonchev–Trinajstić information content (AvgIpc) is 2.14. The summed E-state index contributed by atoms with van der Waals surface area (Å²) in [5, 5.41) is 0. The number of allylic oxidation sites excluding steroid dienone is 1. The normalized spacial score (nSPS) is 9.54. The van der Waals surface area contributed by atoms with Crippen LogP contribution in [0.2, 0.25) is 0 Å². The molecule has 0 aromatic heterocycles. The van der Waals surface area contributed by atoms with E-state index in [1.54, 1.807) is 0 Å². The lowest BCUT2D eigenvalue weighted by Gasteiger charge is -2.00. The number of nitrogen functional groups attached to an aromatic ring is 1. The number of benzene rings is 1. The molecule has 0 bridgehead atoms. The van der Waals surface area contributed by atoms with Crippen molar-refractivity contribution >= 4 is 11.8 Å². The second kappa shape index (κ2) is 6.30. The second-order valence-corrected chi connectivity index (χ2v) is 2.63. The number of aryl methyl sites for hydroxylation is 1. The lowest BCUT2D eigenvalue weighted by Crippen LogP contribution is -1.89.